The number of aromatic hydroxyl groups is 1. The van der Waals surface area contributed by atoms with Crippen LogP contribution in [0.4, 0.5) is 0 Å². The number of hydrogen-bond acceptors (Lipinski definition) is 3. The highest BCUT2D eigenvalue weighted by atomic mass is 32.2. The Balaban J connectivity index is 2.42. The van der Waals surface area contributed by atoms with Crippen molar-refractivity contribution in [2.24, 2.45) is 0 Å². The SMILES string of the molecule is CCSCc1csc2c(O)cccc12. The maximum Gasteiger partial charge on any atom is 0.133 e. The third-order valence-electron chi connectivity index (χ3n) is 2.12. The van der Waals surface area contributed by atoms with Crippen molar-refractivity contribution in [2.75, 3.05) is 5.75 Å². The first-order valence-corrected chi connectivity index (χ1v) is 6.62. The molecule has 14 heavy (non-hydrogen) atoms. The van der Waals surface area contributed by atoms with E-state index in [1.807, 2.05) is 17.8 Å². The van der Waals surface area contributed by atoms with Crippen molar-refractivity contribution in [1.29, 1.82) is 0 Å². The van der Waals surface area contributed by atoms with E-state index in [2.05, 4.69) is 18.4 Å². The Morgan fingerprint density at radius 3 is 3.07 bits per heavy atom. The average Bonchev–Trinajstić information content (AvgIpc) is 2.60. The molecule has 0 spiro atoms. The molecule has 1 nitrogen and oxygen atoms in total. The Kier molecular flexibility index (Phi) is 2.99. The lowest BCUT2D eigenvalue weighted by atomic mass is 10.2. The third-order valence-corrected chi connectivity index (χ3v) is 4.11. The van der Waals surface area contributed by atoms with Gasteiger partial charge in [-0.25, -0.2) is 0 Å². The van der Waals surface area contributed by atoms with E-state index in [1.165, 1.54) is 10.9 Å². The Labute approximate surface area is 91.8 Å². The summed E-state index contributed by atoms with van der Waals surface area (Å²) in [5.74, 6) is 2.58. The zero-order valence-corrected chi connectivity index (χ0v) is 9.62. The van der Waals surface area contributed by atoms with E-state index in [9.17, 15) is 5.11 Å². The molecule has 0 aliphatic carbocycles. The van der Waals surface area contributed by atoms with E-state index in [0.717, 1.165) is 16.2 Å². The molecular weight excluding hydrogens is 212 g/mol. The van der Waals surface area contributed by atoms with Crippen molar-refractivity contribution in [3.63, 3.8) is 0 Å². The molecule has 1 aromatic carbocycles. The molecule has 1 N–H and O–H groups in total. The van der Waals surface area contributed by atoms with E-state index in [1.54, 1.807) is 17.4 Å². The second-order valence-corrected chi connectivity index (χ2v) is 5.21. The van der Waals surface area contributed by atoms with Crippen LogP contribution in [0.3, 0.4) is 0 Å². The molecule has 0 aliphatic rings. The molecule has 0 amide bonds. The molecule has 1 heterocycles. The highest BCUT2D eigenvalue weighted by molar-refractivity contribution is 7.98. The molecule has 0 aliphatic heterocycles. The van der Waals surface area contributed by atoms with Crippen molar-refractivity contribution in [3.8, 4) is 5.75 Å². The Bertz CT molecular complexity index is 434. The van der Waals surface area contributed by atoms with E-state index >= 15 is 0 Å². The van der Waals surface area contributed by atoms with E-state index in [-0.39, 0.29) is 0 Å². The van der Waals surface area contributed by atoms with Gasteiger partial charge in [0.2, 0.25) is 0 Å². The summed E-state index contributed by atoms with van der Waals surface area (Å²) in [7, 11) is 0. The molecule has 0 radical (unpaired) electrons. The molecule has 0 atom stereocenters. The summed E-state index contributed by atoms with van der Waals surface area (Å²) in [5, 5.41) is 13.0. The molecule has 0 saturated heterocycles. The lowest BCUT2D eigenvalue weighted by Gasteiger charge is -1.98. The minimum absolute atomic E-state index is 0.403. The van der Waals surface area contributed by atoms with E-state index in [4.69, 9.17) is 0 Å². The molecule has 0 fully saturated rings. The molecule has 2 aromatic rings. The first kappa shape index (κ1) is 9.87. The van der Waals surface area contributed by atoms with Crippen molar-refractivity contribution in [2.45, 2.75) is 12.7 Å². The van der Waals surface area contributed by atoms with Crippen LogP contribution in [0.1, 0.15) is 12.5 Å². The van der Waals surface area contributed by atoms with Crippen LogP contribution < -0.4 is 0 Å². The highest BCUT2D eigenvalue weighted by Gasteiger charge is 2.06. The van der Waals surface area contributed by atoms with Crippen LogP contribution in [0.2, 0.25) is 0 Å². The summed E-state index contributed by atoms with van der Waals surface area (Å²) in [6.45, 7) is 2.16. The van der Waals surface area contributed by atoms with Gasteiger partial charge in [-0.3, -0.25) is 0 Å². The number of hydrogen-bond donors (Lipinski definition) is 1. The summed E-state index contributed by atoms with van der Waals surface area (Å²) in [6, 6.07) is 5.73. The molecule has 0 saturated carbocycles. The van der Waals surface area contributed by atoms with Gasteiger partial charge >= 0.3 is 0 Å². The van der Waals surface area contributed by atoms with Crippen LogP contribution in [-0.4, -0.2) is 10.9 Å². The number of phenols is 1. The molecule has 1 aromatic heterocycles. The number of fused-ring (bicyclic) bond motifs is 1. The summed E-state index contributed by atoms with van der Waals surface area (Å²) in [6.07, 6.45) is 0. The number of phenolic OH excluding ortho intramolecular Hbond substituents is 1. The molecule has 3 heteroatoms. The zero-order valence-electron chi connectivity index (χ0n) is 7.99. The molecule has 0 unspecified atom stereocenters. The smallest absolute Gasteiger partial charge is 0.133 e. The summed E-state index contributed by atoms with van der Waals surface area (Å²) in [4.78, 5) is 0. The van der Waals surface area contributed by atoms with Crippen LogP contribution in [0.25, 0.3) is 10.1 Å². The van der Waals surface area contributed by atoms with Gasteiger partial charge in [-0.2, -0.15) is 11.8 Å². The van der Waals surface area contributed by atoms with Gasteiger partial charge in [0, 0.05) is 11.1 Å². The fraction of sp³-hybridized carbons (Fsp3) is 0.273. The van der Waals surface area contributed by atoms with Crippen molar-refractivity contribution in [3.05, 3.63) is 29.1 Å². The van der Waals surface area contributed by atoms with Gasteiger partial charge in [-0.1, -0.05) is 19.1 Å². The van der Waals surface area contributed by atoms with Gasteiger partial charge in [0.15, 0.2) is 0 Å². The lowest BCUT2D eigenvalue weighted by Crippen LogP contribution is -1.77. The Morgan fingerprint density at radius 2 is 2.29 bits per heavy atom. The predicted octanol–water partition coefficient (Wildman–Crippen LogP) is 3.86. The van der Waals surface area contributed by atoms with E-state index < -0.39 is 0 Å². The second kappa shape index (κ2) is 4.24. The van der Waals surface area contributed by atoms with Gasteiger partial charge in [-0.15, -0.1) is 11.3 Å². The van der Waals surface area contributed by atoms with Gasteiger partial charge in [-0.05, 0) is 22.8 Å². The van der Waals surface area contributed by atoms with Crippen LogP contribution >= 0.6 is 23.1 Å². The van der Waals surface area contributed by atoms with Gasteiger partial charge < -0.3 is 5.11 Å². The highest BCUT2D eigenvalue weighted by Crippen LogP contribution is 2.34. The van der Waals surface area contributed by atoms with Crippen molar-refractivity contribution < 1.29 is 5.11 Å². The molecule has 74 valence electrons. The summed E-state index contributed by atoms with van der Waals surface area (Å²) in [5.41, 5.74) is 1.34. The van der Waals surface area contributed by atoms with Crippen LogP contribution in [0.15, 0.2) is 23.6 Å². The average molecular weight is 224 g/mol. The zero-order chi connectivity index (χ0) is 9.97. The van der Waals surface area contributed by atoms with E-state index in [0.29, 0.717) is 5.75 Å². The number of thiophene rings is 1. The molecular formula is C11H12OS2. The van der Waals surface area contributed by atoms with Gasteiger partial charge in [0.1, 0.15) is 5.75 Å². The number of thioether (sulfide) groups is 1. The van der Waals surface area contributed by atoms with Gasteiger partial charge in [0.05, 0.1) is 4.70 Å². The van der Waals surface area contributed by atoms with Crippen molar-refractivity contribution >= 4 is 33.2 Å². The summed E-state index contributed by atoms with van der Waals surface area (Å²) >= 11 is 3.54. The maximum absolute atomic E-state index is 9.61. The van der Waals surface area contributed by atoms with Crippen molar-refractivity contribution in [1.82, 2.24) is 0 Å². The first-order chi connectivity index (χ1) is 6.83. The van der Waals surface area contributed by atoms with Crippen LogP contribution in [-0.2, 0) is 5.75 Å². The second-order valence-electron chi connectivity index (χ2n) is 3.05. The minimum atomic E-state index is 0.403. The van der Waals surface area contributed by atoms with Crippen LogP contribution in [0, 0.1) is 0 Å². The topological polar surface area (TPSA) is 20.2 Å². The minimum Gasteiger partial charge on any atom is -0.506 e. The standard InChI is InChI=1S/C11H12OS2/c1-2-13-6-8-7-14-11-9(8)4-3-5-10(11)12/h3-5,7,12H,2,6H2,1H3. The number of benzene rings is 1. The predicted molar refractivity (Wildman–Crippen MR) is 65.3 cm³/mol. The summed E-state index contributed by atoms with van der Waals surface area (Å²) < 4.78 is 1.01. The maximum atomic E-state index is 9.61. The van der Waals surface area contributed by atoms with Gasteiger partial charge in [0.25, 0.3) is 0 Å². The lowest BCUT2D eigenvalue weighted by molar-refractivity contribution is 0.482. The third kappa shape index (κ3) is 1.74. The monoisotopic (exact) mass is 224 g/mol. The Hall–Kier alpha value is -0.670. The fourth-order valence-corrected chi connectivity index (χ4v) is 3.17. The fourth-order valence-electron chi connectivity index (χ4n) is 1.42. The van der Waals surface area contributed by atoms with Crippen LogP contribution in [0.5, 0.6) is 5.75 Å². The largest absolute Gasteiger partial charge is 0.506 e. The normalized spacial score (nSPS) is 10.9. The molecule has 0 bridgehead atoms. The number of rotatable bonds is 3. The Morgan fingerprint density at radius 1 is 1.43 bits per heavy atom. The first-order valence-electron chi connectivity index (χ1n) is 4.58. The quantitative estimate of drug-likeness (QED) is 0.854. The molecule has 2 rings (SSSR count).